The van der Waals surface area contributed by atoms with Gasteiger partial charge in [0.05, 0.1) is 12.7 Å². The lowest BCUT2D eigenvalue weighted by molar-refractivity contribution is 0.103. The zero-order chi connectivity index (χ0) is 14.0. The van der Waals surface area contributed by atoms with E-state index in [1.165, 1.54) is 13.2 Å². The summed E-state index contributed by atoms with van der Waals surface area (Å²) in [7, 11) is 1.38. The highest BCUT2D eigenvalue weighted by atomic mass is 127. The molecule has 98 valence electrons. The van der Waals surface area contributed by atoms with E-state index in [1.54, 1.807) is 12.1 Å². The number of hydrogen-bond donors (Lipinski definition) is 2. The Hall–Kier alpha value is -1.76. The smallest absolute Gasteiger partial charge is 0.197 e. The summed E-state index contributed by atoms with van der Waals surface area (Å²) < 4.78 is 5.73. The first kappa shape index (κ1) is 13.7. The van der Waals surface area contributed by atoms with E-state index >= 15 is 0 Å². The van der Waals surface area contributed by atoms with Crippen LogP contribution in [0.5, 0.6) is 17.2 Å². The van der Waals surface area contributed by atoms with Crippen molar-refractivity contribution in [1.29, 1.82) is 0 Å². The number of aromatic hydroxyl groups is 2. The van der Waals surface area contributed by atoms with Crippen LogP contribution in [0.2, 0.25) is 0 Å². The molecule has 0 aliphatic carbocycles. The predicted octanol–water partition coefficient (Wildman–Crippen LogP) is 2.94. The third kappa shape index (κ3) is 2.65. The van der Waals surface area contributed by atoms with Gasteiger partial charge in [-0.15, -0.1) is 0 Å². The number of phenolic OH excluding ortho intramolecular Hbond substituents is 2. The van der Waals surface area contributed by atoms with Gasteiger partial charge in [-0.05, 0) is 40.8 Å². The lowest BCUT2D eigenvalue weighted by Gasteiger charge is -2.09. The van der Waals surface area contributed by atoms with Crippen molar-refractivity contribution in [3.05, 3.63) is 51.1 Å². The van der Waals surface area contributed by atoms with E-state index in [4.69, 9.17) is 4.74 Å². The standard InChI is InChI=1S/C14H11IO4/c1-19-13-6-9(11(16)7-12(13)17)14(18)8-4-2-3-5-10(8)15/h2-7,16-17H,1H3. The van der Waals surface area contributed by atoms with Crippen LogP contribution >= 0.6 is 22.6 Å². The minimum Gasteiger partial charge on any atom is -0.507 e. The zero-order valence-corrected chi connectivity index (χ0v) is 12.2. The molecule has 0 atom stereocenters. The summed E-state index contributed by atoms with van der Waals surface area (Å²) in [6.45, 7) is 0. The summed E-state index contributed by atoms with van der Waals surface area (Å²) in [5.41, 5.74) is 0.588. The Kier molecular flexibility index (Phi) is 3.94. The molecule has 2 rings (SSSR count). The number of carbonyl (C=O) groups excluding carboxylic acids is 1. The van der Waals surface area contributed by atoms with Crippen molar-refractivity contribution >= 4 is 28.4 Å². The second-order valence-corrected chi connectivity index (χ2v) is 5.01. The highest BCUT2D eigenvalue weighted by molar-refractivity contribution is 14.1. The molecule has 0 heterocycles. The molecule has 0 bridgehead atoms. The SMILES string of the molecule is COc1cc(C(=O)c2ccccc2I)c(O)cc1O. The van der Waals surface area contributed by atoms with E-state index in [2.05, 4.69) is 22.6 Å². The number of methoxy groups -OCH3 is 1. The van der Waals surface area contributed by atoms with Crippen LogP contribution < -0.4 is 4.74 Å². The molecule has 0 saturated heterocycles. The summed E-state index contributed by atoms with van der Waals surface area (Å²) in [6, 6.07) is 9.50. The highest BCUT2D eigenvalue weighted by Crippen LogP contribution is 2.34. The van der Waals surface area contributed by atoms with Crippen LogP contribution in [0.1, 0.15) is 15.9 Å². The first-order valence-corrected chi connectivity index (χ1v) is 6.51. The normalized spacial score (nSPS) is 10.2. The van der Waals surface area contributed by atoms with Crippen LogP contribution in [-0.4, -0.2) is 23.1 Å². The van der Waals surface area contributed by atoms with Crippen molar-refractivity contribution in [2.75, 3.05) is 7.11 Å². The maximum atomic E-state index is 12.4. The zero-order valence-electron chi connectivity index (χ0n) is 10.1. The maximum absolute atomic E-state index is 12.4. The highest BCUT2D eigenvalue weighted by Gasteiger charge is 2.18. The van der Waals surface area contributed by atoms with Crippen molar-refractivity contribution in [2.45, 2.75) is 0 Å². The number of carbonyl (C=O) groups is 1. The topological polar surface area (TPSA) is 66.8 Å². The summed E-state index contributed by atoms with van der Waals surface area (Å²) >= 11 is 2.06. The summed E-state index contributed by atoms with van der Waals surface area (Å²) in [4.78, 5) is 12.4. The van der Waals surface area contributed by atoms with Crippen LogP contribution in [0.25, 0.3) is 0 Å². The fourth-order valence-corrected chi connectivity index (χ4v) is 2.33. The molecule has 2 aromatic carbocycles. The second-order valence-electron chi connectivity index (χ2n) is 3.85. The lowest BCUT2D eigenvalue weighted by atomic mass is 10.0. The van der Waals surface area contributed by atoms with E-state index in [0.29, 0.717) is 5.56 Å². The average Bonchev–Trinajstić information content (AvgIpc) is 2.39. The van der Waals surface area contributed by atoms with Crippen molar-refractivity contribution in [1.82, 2.24) is 0 Å². The molecule has 0 amide bonds. The predicted molar refractivity (Wildman–Crippen MR) is 78.9 cm³/mol. The number of rotatable bonds is 3. The van der Waals surface area contributed by atoms with Crippen molar-refractivity contribution in [2.24, 2.45) is 0 Å². The van der Waals surface area contributed by atoms with E-state index in [9.17, 15) is 15.0 Å². The van der Waals surface area contributed by atoms with Gasteiger partial charge in [-0.3, -0.25) is 4.79 Å². The summed E-state index contributed by atoms with van der Waals surface area (Å²) in [5.74, 6) is -0.657. The Morgan fingerprint density at radius 1 is 1.11 bits per heavy atom. The molecule has 0 aliphatic heterocycles. The monoisotopic (exact) mass is 370 g/mol. The van der Waals surface area contributed by atoms with Gasteiger partial charge in [0.2, 0.25) is 0 Å². The summed E-state index contributed by atoms with van der Waals surface area (Å²) in [5, 5.41) is 19.3. The summed E-state index contributed by atoms with van der Waals surface area (Å²) in [6.07, 6.45) is 0. The van der Waals surface area contributed by atoms with Crippen molar-refractivity contribution in [3.63, 3.8) is 0 Å². The number of phenols is 2. The van der Waals surface area contributed by atoms with Crippen LogP contribution in [0.3, 0.4) is 0 Å². The molecule has 0 fully saturated rings. The molecular formula is C14H11IO4. The molecule has 0 radical (unpaired) electrons. The molecule has 0 unspecified atom stereocenters. The second kappa shape index (κ2) is 5.48. The van der Waals surface area contributed by atoms with Gasteiger partial charge < -0.3 is 14.9 Å². The van der Waals surface area contributed by atoms with Crippen LogP contribution in [0.15, 0.2) is 36.4 Å². The Bertz CT molecular complexity index is 637. The van der Waals surface area contributed by atoms with Gasteiger partial charge in [-0.25, -0.2) is 0 Å². The van der Waals surface area contributed by atoms with E-state index in [-0.39, 0.29) is 28.6 Å². The molecule has 0 spiro atoms. The van der Waals surface area contributed by atoms with Crippen LogP contribution in [0.4, 0.5) is 0 Å². The molecule has 2 aromatic rings. The largest absolute Gasteiger partial charge is 0.507 e. The van der Waals surface area contributed by atoms with Gasteiger partial charge in [0.15, 0.2) is 17.3 Å². The number of ether oxygens (including phenoxy) is 1. The molecule has 4 nitrogen and oxygen atoms in total. The molecule has 5 heteroatoms. The molecule has 0 saturated carbocycles. The molecule has 0 aromatic heterocycles. The third-order valence-corrected chi connectivity index (χ3v) is 3.60. The fourth-order valence-electron chi connectivity index (χ4n) is 1.69. The van der Waals surface area contributed by atoms with E-state index in [0.717, 1.165) is 9.64 Å². The van der Waals surface area contributed by atoms with Crippen LogP contribution in [0, 0.1) is 3.57 Å². The molecular weight excluding hydrogens is 359 g/mol. The molecule has 0 aliphatic rings. The number of ketones is 1. The van der Waals surface area contributed by atoms with E-state index < -0.39 is 0 Å². The molecule has 19 heavy (non-hydrogen) atoms. The van der Waals surface area contributed by atoms with Gasteiger partial charge in [-0.2, -0.15) is 0 Å². The number of benzene rings is 2. The van der Waals surface area contributed by atoms with Gasteiger partial charge in [0.25, 0.3) is 0 Å². The van der Waals surface area contributed by atoms with Crippen LogP contribution in [-0.2, 0) is 0 Å². The van der Waals surface area contributed by atoms with E-state index in [1.807, 2.05) is 12.1 Å². The Labute approximate surface area is 123 Å². The Morgan fingerprint density at radius 2 is 1.79 bits per heavy atom. The number of hydrogen-bond acceptors (Lipinski definition) is 4. The first-order valence-electron chi connectivity index (χ1n) is 5.43. The maximum Gasteiger partial charge on any atom is 0.197 e. The van der Waals surface area contributed by atoms with Gasteiger partial charge >= 0.3 is 0 Å². The average molecular weight is 370 g/mol. The number of halogens is 1. The first-order chi connectivity index (χ1) is 9.04. The fraction of sp³-hybridized carbons (Fsp3) is 0.0714. The third-order valence-electron chi connectivity index (χ3n) is 2.66. The minimum atomic E-state index is -0.319. The van der Waals surface area contributed by atoms with Gasteiger partial charge in [-0.1, -0.05) is 12.1 Å². The van der Waals surface area contributed by atoms with Gasteiger partial charge in [0, 0.05) is 15.2 Å². The Morgan fingerprint density at radius 3 is 2.42 bits per heavy atom. The van der Waals surface area contributed by atoms with Crippen molar-refractivity contribution in [3.8, 4) is 17.2 Å². The lowest BCUT2D eigenvalue weighted by Crippen LogP contribution is -2.04. The molecule has 2 N–H and O–H groups in total. The van der Waals surface area contributed by atoms with Gasteiger partial charge in [0.1, 0.15) is 5.75 Å². The minimum absolute atomic E-state index is 0.0961. The van der Waals surface area contributed by atoms with Crippen molar-refractivity contribution < 1.29 is 19.7 Å². The quantitative estimate of drug-likeness (QED) is 0.644. The Balaban J connectivity index is 2.53.